The molecule has 3 aromatic carbocycles. The molecule has 161 valence electrons. The average Bonchev–Trinajstić information content (AvgIpc) is 2.78. The monoisotopic (exact) mass is 430 g/mol. The zero-order chi connectivity index (χ0) is 22.5. The first-order valence-electron chi connectivity index (χ1n) is 10.5. The molecule has 1 radical (unpaired) electrons. The molecule has 1 heterocycles. The highest BCUT2D eigenvalue weighted by Gasteiger charge is 2.18. The molecule has 0 fully saturated rings. The van der Waals surface area contributed by atoms with Gasteiger partial charge < -0.3 is 4.98 Å². The molecule has 0 spiro atoms. The van der Waals surface area contributed by atoms with E-state index in [1.165, 1.54) is 30.3 Å². The fourth-order valence-electron chi connectivity index (χ4n) is 3.97. The summed E-state index contributed by atoms with van der Waals surface area (Å²) in [5, 5.41) is 11.5. The second-order valence-electron chi connectivity index (χ2n) is 7.82. The van der Waals surface area contributed by atoms with E-state index in [9.17, 15) is 18.7 Å². The average molecular weight is 430 g/mol. The highest BCUT2D eigenvalue weighted by atomic mass is 19.1. The number of aromatic nitrogens is 1. The molecule has 0 saturated carbocycles. The van der Waals surface area contributed by atoms with E-state index in [2.05, 4.69) is 4.98 Å². The van der Waals surface area contributed by atoms with Crippen molar-refractivity contribution in [2.45, 2.75) is 25.2 Å². The van der Waals surface area contributed by atoms with Crippen molar-refractivity contribution in [3.8, 4) is 5.75 Å². The Morgan fingerprint density at radius 3 is 1.97 bits per heavy atom. The normalized spacial score (nSPS) is 11.1. The van der Waals surface area contributed by atoms with Crippen LogP contribution in [0, 0.1) is 11.6 Å². The number of aromatic amines is 1. The van der Waals surface area contributed by atoms with E-state index >= 15 is 0 Å². The molecule has 3 nitrogen and oxygen atoms in total. The molecule has 0 bridgehead atoms. The van der Waals surface area contributed by atoms with Crippen LogP contribution >= 0.6 is 0 Å². The van der Waals surface area contributed by atoms with Gasteiger partial charge in [0, 0.05) is 17.7 Å². The largest absolute Gasteiger partial charge is 0.329 e. The highest BCUT2D eigenvalue weighted by Crippen LogP contribution is 2.32. The van der Waals surface area contributed by atoms with E-state index < -0.39 is 0 Å². The fraction of sp³-hybridized carbons (Fsp3) is 0.148. The Morgan fingerprint density at radius 2 is 1.38 bits per heavy atom. The van der Waals surface area contributed by atoms with Crippen molar-refractivity contribution in [2.75, 3.05) is 0 Å². The maximum Gasteiger partial charge on any atom is 0.251 e. The van der Waals surface area contributed by atoms with Crippen molar-refractivity contribution in [1.29, 1.82) is 0 Å². The number of nitrogens with one attached hydrogen (secondary N) is 1. The first-order chi connectivity index (χ1) is 15.5. The van der Waals surface area contributed by atoms with E-state index in [0.717, 1.165) is 22.3 Å². The lowest BCUT2D eigenvalue weighted by Gasteiger charge is -2.19. The highest BCUT2D eigenvalue weighted by molar-refractivity contribution is 5.43. The molecule has 0 amide bonds. The lowest BCUT2D eigenvalue weighted by Crippen LogP contribution is -2.15. The number of hydrogen-bond donors (Lipinski definition) is 1. The van der Waals surface area contributed by atoms with Crippen LogP contribution in [-0.4, -0.2) is 4.98 Å². The lowest BCUT2D eigenvalue weighted by molar-refractivity contribution is 0.354. The van der Waals surface area contributed by atoms with Crippen LogP contribution in [0.1, 0.15) is 40.2 Å². The second kappa shape index (κ2) is 9.60. The van der Waals surface area contributed by atoms with Crippen LogP contribution in [-0.2, 0) is 17.9 Å². The third-order valence-electron chi connectivity index (χ3n) is 5.55. The number of halogens is 2. The maximum atomic E-state index is 13.5. The van der Waals surface area contributed by atoms with Gasteiger partial charge in [0.15, 0.2) is 5.75 Å². The SMILES string of the molecule is [O]c1cccc(CCCc2cc(C(c3ccc(F)cc3)c3ccc(F)cc3)c[nH]c2=O)c1. The lowest BCUT2D eigenvalue weighted by atomic mass is 9.85. The van der Waals surface area contributed by atoms with Crippen LogP contribution in [0.15, 0.2) is 89.9 Å². The van der Waals surface area contributed by atoms with Crippen molar-refractivity contribution in [1.82, 2.24) is 4.98 Å². The van der Waals surface area contributed by atoms with Crippen molar-refractivity contribution in [3.63, 3.8) is 0 Å². The smallest absolute Gasteiger partial charge is 0.251 e. The quantitative estimate of drug-likeness (QED) is 0.375. The topological polar surface area (TPSA) is 52.8 Å². The zero-order valence-electron chi connectivity index (χ0n) is 17.4. The molecule has 0 unspecified atom stereocenters. The first kappa shape index (κ1) is 21.5. The van der Waals surface area contributed by atoms with E-state index in [1.54, 1.807) is 42.6 Å². The minimum atomic E-state index is -0.337. The Kier molecular flexibility index (Phi) is 6.45. The van der Waals surface area contributed by atoms with Crippen LogP contribution in [0.4, 0.5) is 8.78 Å². The summed E-state index contributed by atoms with van der Waals surface area (Å²) in [6.07, 6.45) is 3.61. The number of aryl methyl sites for hydroxylation is 2. The Labute approximate surface area is 185 Å². The van der Waals surface area contributed by atoms with E-state index in [0.29, 0.717) is 24.8 Å². The molecule has 0 aliphatic carbocycles. The van der Waals surface area contributed by atoms with E-state index in [1.807, 2.05) is 12.1 Å². The molecule has 0 aliphatic rings. The number of H-pyrrole nitrogens is 1. The Morgan fingerprint density at radius 1 is 0.750 bits per heavy atom. The van der Waals surface area contributed by atoms with Gasteiger partial charge in [-0.1, -0.05) is 36.4 Å². The summed E-state index contributed by atoms with van der Waals surface area (Å²) in [6, 6.07) is 21.0. The minimum absolute atomic E-state index is 0.0243. The van der Waals surface area contributed by atoms with Gasteiger partial charge >= 0.3 is 0 Å². The van der Waals surface area contributed by atoms with Crippen LogP contribution in [0.2, 0.25) is 0 Å². The Balaban J connectivity index is 1.63. The Bertz CT molecular complexity index is 1200. The van der Waals surface area contributed by atoms with Crippen molar-refractivity contribution in [3.05, 3.63) is 135 Å². The predicted octanol–water partition coefficient (Wildman–Crippen LogP) is 6.15. The molecule has 4 aromatic rings. The molecule has 0 saturated heterocycles. The molecule has 32 heavy (non-hydrogen) atoms. The van der Waals surface area contributed by atoms with E-state index in [4.69, 9.17) is 0 Å². The molecule has 1 aromatic heterocycles. The maximum absolute atomic E-state index is 13.5. The summed E-state index contributed by atoms with van der Waals surface area (Å²) in [6.45, 7) is 0. The summed E-state index contributed by atoms with van der Waals surface area (Å²) in [5.41, 5.74) is 3.92. The first-order valence-corrected chi connectivity index (χ1v) is 10.5. The standard InChI is InChI=1S/C27H22F2NO2/c28-23-11-7-19(8-12-23)26(20-9-13-24(29)14-10-20)22-16-21(27(32)30-17-22)5-1-3-18-4-2-6-25(31)15-18/h2,4,6-17,26H,1,3,5H2,(H,30,32). The van der Waals surface area contributed by atoms with Crippen LogP contribution in [0.3, 0.4) is 0 Å². The summed E-state index contributed by atoms with van der Waals surface area (Å²) in [4.78, 5) is 15.3. The van der Waals surface area contributed by atoms with Gasteiger partial charge in [-0.3, -0.25) is 9.90 Å². The molecular weight excluding hydrogens is 408 g/mol. The molecule has 0 aliphatic heterocycles. The molecule has 1 N–H and O–H groups in total. The molecule has 5 heteroatoms. The molecular formula is C27H22F2NO2. The van der Waals surface area contributed by atoms with Gasteiger partial charge in [-0.25, -0.2) is 8.78 Å². The third-order valence-corrected chi connectivity index (χ3v) is 5.55. The van der Waals surface area contributed by atoms with Crippen LogP contribution in [0.25, 0.3) is 0 Å². The fourth-order valence-corrected chi connectivity index (χ4v) is 3.97. The molecule has 4 rings (SSSR count). The number of rotatable bonds is 7. The van der Waals surface area contributed by atoms with Crippen molar-refractivity contribution >= 4 is 0 Å². The van der Waals surface area contributed by atoms with Gasteiger partial charge in [0.1, 0.15) is 11.6 Å². The van der Waals surface area contributed by atoms with Gasteiger partial charge in [0.05, 0.1) is 0 Å². The number of hydrogen-bond acceptors (Lipinski definition) is 1. The van der Waals surface area contributed by atoms with Crippen molar-refractivity contribution < 1.29 is 13.9 Å². The second-order valence-corrected chi connectivity index (χ2v) is 7.82. The van der Waals surface area contributed by atoms with Crippen LogP contribution in [0.5, 0.6) is 5.75 Å². The predicted molar refractivity (Wildman–Crippen MR) is 119 cm³/mol. The van der Waals surface area contributed by atoms with Gasteiger partial charge in [0.2, 0.25) is 0 Å². The number of benzene rings is 3. The molecule has 0 atom stereocenters. The van der Waals surface area contributed by atoms with Crippen LogP contribution < -0.4 is 5.56 Å². The zero-order valence-corrected chi connectivity index (χ0v) is 17.4. The summed E-state index contributed by atoms with van der Waals surface area (Å²) in [7, 11) is 0. The van der Waals surface area contributed by atoms with E-state index in [-0.39, 0.29) is 28.9 Å². The number of pyridine rings is 1. The van der Waals surface area contributed by atoms with Gasteiger partial charge in [0.25, 0.3) is 5.56 Å². The summed E-state index contributed by atoms with van der Waals surface area (Å²) >= 11 is 0. The Hall–Kier alpha value is -3.73. The third kappa shape index (κ3) is 5.11. The summed E-state index contributed by atoms with van der Waals surface area (Å²) < 4.78 is 27.0. The minimum Gasteiger partial charge on any atom is -0.329 e. The van der Waals surface area contributed by atoms with Gasteiger partial charge in [-0.05, 0) is 84.0 Å². The van der Waals surface area contributed by atoms with Gasteiger partial charge in [-0.15, -0.1) is 0 Å². The van der Waals surface area contributed by atoms with Gasteiger partial charge in [-0.2, -0.15) is 0 Å². The van der Waals surface area contributed by atoms with Crippen molar-refractivity contribution in [2.24, 2.45) is 0 Å². The summed E-state index contributed by atoms with van der Waals surface area (Å²) in [5.74, 6) is -0.987.